The number of rotatable bonds is 3. The van der Waals surface area contributed by atoms with Gasteiger partial charge < -0.3 is 14.9 Å². The molecular weight excluding hydrogens is 392 g/mol. The standard InChI is InChI=1S/C26H22O5/c1-14-5-8-18-21(11-14)31-22-13-16(27)7-10-19(22)23(18)17-9-6-15(12-20(17)25(29)30)24(28)26(2,3)4/h5-13,27H,1H2,2-4H3,(H,29,30). The zero-order valence-electron chi connectivity index (χ0n) is 17.5. The van der Waals surface area contributed by atoms with Crippen LogP contribution >= 0.6 is 0 Å². The van der Waals surface area contributed by atoms with Gasteiger partial charge in [0, 0.05) is 33.4 Å². The fourth-order valence-corrected chi connectivity index (χ4v) is 3.73. The lowest BCUT2D eigenvalue weighted by atomic mass is 9.83. The number of carboxylic acids is 1. The first kappa shape index (κ1) is 20.4. The van der Waals surface area contributed by atoms with E-state index in [0.29, 0.717) is 39.0 Å². The second-order valence-electron chi connectivity index (χ2n) is 8.63. The number of hydrogen-bond donors (Lipinski definition) is 2. The van der Waals surface area contributed by atoms with Crippen LogP contribution in [0.5, 0.6) is 17.2 Å². The average molecular weight is 414 g/mol. The Labute approximate surface area is 179 Å². The van der Waals surface area contributed by atoms with E-state index in [1.165, 1.54) is 18.2 Å². The van der Waals surface area contributed by atoms with Gasteiger partial charge in [0.05, 0.1) is 5.56 Å². The molecule has 0 unspecified atom stereocenters. The number of aromatic hydroxyl groups is 1. The molecule has 2 N–H and O–H groups in total. The van der Waals surface area contributed by atoms with Crippen molar-refractivity contribution in [2.75, 3.05) is 0 Å². The number of carbonyl (C=O) groups excluding carboxylic acids is 1. The van der Waals surface area contributed by atoms with Crippen LogP contribution in [0.4, 0.5) is 0 Å². The Hall–Kier alpha value is -3.86. The fraction of sp³-hybridized carbons (Fsp3) is 0.154. The van der Waals surface area contributed by atoms with Crippen LogP contribution in [0.25, 0.3) is 12.2 Å². The lowest BCUT2D eigenvalue weighted by molar-refractivity contribution is 0.0696. The summed E-state index contributed by atoms with van der Waals surface area (Å²) in [5.74, 6) is -0.290. The second kappa shape index (κ2) is 7.13. The number of ether oxygens (including phenoxy) is 1. The van der Waals surface area contributed by atoms with Crippen LogP contribution in [-0.2, 0) is 0 Å². The first-order valence-corrected chi connectivity index (χ1v) is 9.83. The van der Waals surface area contributed by atoms with Crippen molar-refractivity contribution in [3.8, 4) is 17.2 Å². The van der Waals surface area contributed by atoms with Gasteiger partial charge >= 0.3 is 5.97 Å². The molecule has 0 aromatic heterocycles. The number of ketones is 1. The Bertz CT molecular complexity index is 1360. The molecular formula is C26H22O5. The summed E-state index contributed by atoms with van der Waals surface area (Å²) in [7, 11) is 0. The van der Waals surface area contributed by atoms with E-state index in [2.05, 4.69) is 6.58 Å². The van der Waals surface area contributed by atoms with Crippen molar-refractivity contribution in [1.29, 1.82) is 0 Å². The number of benzene rings is 3. The highest BCUT2D eigenvalue weighted by atomic mass is 16.5. The Morgan fingerprint density at radius 2 is 1.61 bits per heavy atom. The molecule has 0 amide bonds. The van der Waals surface area contributed by atoms with E-state index < -0.39 is 11.4 Å². The van der Waals surface area contributed by atoms with E-state index in [0.717, 1.165) is 5.22 Å². The third-order valence-corrected chi connectivity index (χ3v) is 5.23. The van der Waals surface area contributed by atoms with Gasteiger partial charge in [-0.05, 0) is 35.0 Å². The van der Waals surface area contributed by atoms with Crippen LogP contribution in [0, 0.1) is 5.41 Å². The van der Waals surface area contributed by atoms with Crippen molar-refractivity contribution < 1.29 is 24.5 Å². The Morgan fingerprint density at radius 3 is 2.29 bits per heavy atom. The van der Waals surface area contributed by atoms with E-state index in [9.17, 15) is 19.8 Å². The molecule has 4 rings (SSSR count). The van der Waals surface area contributed by atoms with Gasteiger partial charge in [0.15, 0.2) is 5.78 Å². The summed E-state index contributed by atoms with van der Waals surface area (Å²) in [6, 6.07) is 14.9. The molecule has 0 atom stereocenters. The van der Waals surface area contributed by atoms with Gasteiger partial charge in [0.25, 0.3) is 0 Å². The van der Waals surface area contributed by atoms with Crippen LogP contribution in [0.3, 0.4) is 0 Å². The number of carbonyl (C=O) groups is 2. The van der Waals surface area contributed by atoms with Crippen LogP contribution in [0.1, 0.15) is 52.6 Å². The molecule has 0 spiro atoms. The maximum absolute atomic E-state index is 12.7. The number of aromatic carboxylic acids is 1. The molecule has 31 heavy (non-hydrogen) atoms. The van der Waals surface area contributed by atoms with E-state index in [1.807, 2.05) is 12.1 Å². The smallest absolute Gasteiger partial charge is 0.336 e. The SMILES string of the molecule is C=c1ccc2c(c1)Oc1cc(O)ccc1C=2c1ccc(C(=O)C(C)(C)C)cc1C(=O)O. The van der Waals surface area contributed by atoms with Crippen molar-refractivity contribution in [1.82, 2.24) is 0 Å². The fourth-order valence-electron chi connectivity index (χ4n) is 3.73. The predicted molar refractivity (Wildman–Crippen MR) is 118 cm³/mol. The Kier molecular flexibility index (Phi) is 4.69. The summed E-state index contributed by atoms with van der Waals surface area (Å²) in [5.41, 5.74) is 1.51. The molecule has 0 saturated heterocycles. The monoisotopic (exact) mass is 414 g/mol. The van der Waals surface area contributed by atoms with Gasteiger partial charge in [0.1, 0.15) is 17.2 Å². The first-order valence-electron chi connectivity index (χ1n) is 9.83. The second-order valence-corrected chi connectivity index (χ2v) is 8.63. The van der Waals surface area contributed by atoms with Crippen LogP contribution in [-0.4, -0.2) is 22.0 Å². The van der Waals surface area contributed by atoms with Crippen molar-refractivity contribution >= 4 is 23.9 Å². The quantitative estimate of drug-likeness (QED) is 0.494. The zero-order valence-corrected chi connectivity index (χ0v) is 17.5. The summed E-state index contributed by atoms with van der Waals surface area (Å²) >= 11 is 0. The predicted octanol–water partition coefficient (Wildman–Crippen LogP) is 4.08. The summed E-state index contributed by atoms with van der Waals surface area (Å²) in [5, 5.41) is 21.4. The van der Waals surface area contributed by atoms with Gasteiger partial charge in [0.2, 0.25) is 0 Å². The molecule has 0 aliphatic carbocycles. The summed E-state index contributed by atoms with van der Waals surface area (Å²) in [6.07, 6.45) is 0. The third-order valence-electron chi connectivity index (χ3n) is 5.23. The molecule has 5 heteroatoms. The lowest BCUT2D eigenvalue weighted by Gasteiger charge is -2.23. The number of phenolic OH excluding ortho intramolecular Hbond substituents is 1. The number of carboxylic acid groups (broad SMARTS) is 1. The van der Waals surface area contributed by atoms with Crippen LogP contribution in [0.2, 0.25) is 0 Å². The summed E-state index contributed by atoms with van der Waals surface area (Å²) < 4.78 is 5.98. The molecule has 3 aromatic rings. The topological polar surface area (TPSA) is 83.8 Å². The highest BCUT2D eigenvalue weighted by Crippen LogP contribution is 2.39. The third kappa shape index (κ3) is 3.59. The van der Waals surface area contributed by atoms with E-state index in [4.69, 9.17) is 4.74 Å². The highest BCUT2D eigenvalue weighted by Gasteiger charge is 2.27. The van der Waals surface area contributed by atoms with Gasteiger partial charge in [-0.2, -0.15) is 0 Å². The summed E-state index contributed by atoms with van der Waals surface area (Å²) in [6.45, 7) is 9.32. The minimum atomic E-state index is -1.13. The van der Waals surface area contributed by atoms with Crippen LogP contribution in [0.15, 0.2) is 54.6 Å². The first-order chi connectivity index (χ1) is 14.6. The van der Waals surface area contributed by atoms with Crippen molar-refractivity contribution in [3.05, 3.63) is 87.3 Å². The number of phenols is 1. The van der Waals surface area contributed by atoms with E-state index >= 15 is 0 Å². The van der Waals surface area contributed by atoms with Gasteiger partial charge in [-0.15, -0.1) is 0 Å². The molecule has 0 bridgehead atoms. The minimum Gasteiger partial charge on any atom is -0.508 e. The maximum atomic E-state index is 12.7. The normalized spacial score (nSPS) is 12.5. The van der Waals surface area contributed by atoms with Gasteiger partial charge in [-0.1, -0.05) is 51.6 Å². The molecule has 156 valence electrons. The molecule has 1 aliphatic rings. The zero-order chi connectivity index (χ0) is 22.5. The van der Waals surface area contributed by atoms with E-state index in [1.54, 1.807) is 45.0 Å². The minimum absolute atomic E-state index is 0.0238. The maximum Gasteiger partial charge on any atom is 0.336 e. The van der Waals surface area contributed by atoms with Gasteiger partial charge in [-0.3, -0.25) is 4.79 Å². The Morgan fingerprint density at radius 1 is 0.903 bits per heavy atom. The molecule has 1 aliphatic heterocycles. The largest absolute Gasteiger partial charge is 0.508 e. The molecule has 0 fully saturated rings. The molecule has 3 aromatic carbocycles. The number of fused-ring (bicyclic) bond motifs is 2. The summed E-state index contributed by atoms with van der Waals surface area (Å²) in [4.78, 5) is 25.0. The van der Waals surface area contributed by atoms with Crippen molar-refractivity contribution in [2.24, 2.45) is 5.41 Å². The van der Waals surface area contributed by atoms with Crippen molar-refractivity contribution in [2.45, 2.75) is 20.8 Å². The lowest BCUT2D eigenvalue weighted by Crippen LogP contribution is -2.22. The highest BCUT2D eigenvalue weighted by molar-refractivity contribution is 6.04. The molecule has 1 heterocycles. The molecule has 0 saturated carbocycles. The van der Waals surface area contributed by atoms with Crippen LogP contribution < -0.4 is 15.2 Å². The number of hydrogen-bond acceptors (Lipinski definition) is 4. The van der Waals surface area contributed by atoms with E-state index in [-0.39, 0.29) is 17.1 Å². The Balaban J connectivity index is 2.06. The number of Topliss-reactive ketones (excluding diaryl/α,β-unsaturated/α-hetero) is 1. The van der Waals surface area contributed by atoms with Crippen molar-refractivity contribution in [3.63, 3.8) is 0 Å². The molecule has 0 radical (unpaired) electrons. The van der Waals surface area contributed by atoms with Gasteiger partial charge in [-0.25, -0.2) is 4.79 Å². The average Bonchev–Trinajstić information content (AvgIpc) is 2.70. The molecule has 5 nitrogen and oxygen atoms in total.